The van der Waals surface area contributed by atoms with E-state index in [-0.39, 0.29) is 17.9 Å². The zero-order valence-electron chi connectivity index (χ0n) is 13.1. The lowest BCUT2D eigenvalue weighted by Crippen LogP contribution is -2.09. The van der Waals surface area contributed by atoms with Gasteiger partial charge in [-0.3, -0.25) is 10.1 Å². The molecule has 0 spiro atoms. The second kappa shape index (κ2) is 8.64. The smallest absolute Gasteiger partial charge is 0.345 e. The van der Waals surface area contributed by atoms with Gasteiger partial charge in [0.15, 0.2) is 0 Å². The largest absolute Gasteiger partial charge is 0.491 e. The standard InChI is InChI=1S/C17H17NO6/c1-22-17(19)15-11-14(7-8-16(15)18(20)21)24-10-9-23-12-13-5-3-2-4-6-13/h2-8,11H,9-10,12H2,1H3. The van der Waals surface area contributed by atoms with E-state index < -0.39 is 10.9 Å². The Hall–Kier alpha value is -2.93. The summed E-state index contributed by atoms with van der Waals surface area (Å²) in [6, 6.07) is 13.6. The topological polar surface area (TPSA) is 87.9 Å². The molecule has 2 rings (SSSR count). The minimum absolute atomic E-state index is 0.148. The fraction of sp³-hybridized carbons (Fsp3) is 0.235. The Morgan fingerprint density at radius 1 is 1.12 bits per heavy atom. The third kappa shape index (κ3) is 4.79. The molecule has 0 saturated carbocycles. The first-order chi connectivity index (χ1) is 11.6. The molecule has 0 bridgehead atoms. The van der Waals surface area contributed by atoms with Crippen LogP contribution in [0.1, 0.15) is 15.9 Å². The van der Waals surface area contributed by atoms with E-state index >= 15 is 0 Å². The molecule has 24 heavy (non-hydrogen) atoms. The highest BCUT2D eigenvalue weighted by molar-refractivity contribution is 5.94. The summed E-state index contributed by atoms with van der Waals surface area (Å²) < 4.78 is 15.5. The maximum Gasteiger partial charge on any atom is 0.345 e. The fourth-order valence-electron chi connectivity index (χ4n) is 2.02. The van der Waals surface area contributed by atoms with E-state index in [0.29, 0.717) is 19.0 Å². The van der Waals surface area contributed by atoms with E-state index in [4.69, 9.17) is 9.47 Å². The molecule has 0 aromatic heterocycles. The minimum Gasteiger partial charge on any atom is -0.491 e. The number of hydrogen-bond donors (Lipinski definition) is 0. The Labute approximate surface area is 138 Å². The fourth-order valence-corrected chi connectivity index (χ4v) is 2.02. The van der Waals surface area contributed by atoms with Gasteiger partial charge in [0.2, 0.25) is 0 Å². The quantitative estimate of drug-likeness (QED) is 0.320. The van der Waals surface area contributed by atoms with Crippen molar-refractivity contribution in [2.24, 2.45) is 0 Å². The van der Waals surface area contributed by atoms with Crippen LogP contribution in [0.3, 0.4) is 0 Å². The van der Waals surface area contributed by atoms with E-state index in [0.717, 1.165) is 12.7 Å². The Morgan fingerprint density at radius 2 is 1.88 bits per heavy atom. The first-order valence-corrected chi connectivity index (χ1v) is 7.23. The van der Waals surface area contributed by atoms with E-state index in [2.05, 4.69) is 4.74 Å². The average molecular weight is 331 g/mol. The third-order valence-electron chi connectivity index (χ3n) is 3.18. The first kappa shape index (κ1) is 17.4. The number of rotatable bonds is 8. The van der Waals surface area contributed by atoms with E-state index in [9.17, 15) is 14.9 Å². The number of nitrogens with zero attached hydrogens (tertiary/aromatic N) is 1. The van der Waals surface area contributed by atoms with Gasteiger partial charge in [-0.05, 0) is 11.6 Å². The number of ether oxygens (including phenoxy) is 3. The predicted octanol–water partition coefficient (Wildman–Crippen LogP) is 2.98. The van der Waals surface area contributed by atoms with Crippen LogP contribution in [-0.2, 0) is 16.1 Å². The van der Waals surface area contributed by atoms with Crippen LogP contribution in [0, 0.1) is 10.1 Å². The van der Waals surface area contributed by atoms with Gasteiger partial charge in [-0.25, -0.2) is 4.79 Å². The number of carbonyl (C=O) groups is 1. The summed E-state index contributed by atoms with van der Waals surface area (Å²) in [7, 11) is 1.16. The molecule has 0 saturated heterocycles. The van der Waals surface area contributed by atoms with Crippen LogP contribution in [0.5, 0.6) is 5.75 Å². The molecule has 0 radical (unpaired) electrons. The summed E-state index contributed by atoms with van der Waals surface area (Å²) in [4.78, 5) is 21.9. The highest BCUT2D eigenvalue weighted by atomic mass is 16.6. The summed E-state index contributed by atoms with van der Waals surface area (Å²) in [6.45, 7) is 1.07. The molecule has 0 unspecified atom stereocenters. The van der Waals surface area contributed by atoms with E-state index in [1.807, 2.05) is 30.3 Å². The lowest BCUT2D eigenvalue weighted by atomic mass is 10.1. The third-order valence-corrected chi connectivity index (χ3v) is 3.18. The van der Waals surface area contributed by atoms with Crippen LogP contribution in [0.25, 0.3) is 0 Å². The van der Waals surface area contributed by atoms with Crippen molar-refractivity contribution >= 4 is 11.7 Å². The molecule has 0 fully saturated rings. The Kier molecular flexibility index (Phi) is 6.27. The number of nitro groups is 1. The molecular weight excluding hydrogens is 314 g/mol. The van der Waals surface area contributed by atoms with Crippen LogP contribution < -0.4 is 4.74 Å². The molecule has 0 aliphatic heterocycles. The zero-order chi connectivity index (χ0) is 17.4. The summed E-state index contributed by atoms with van der Waals surface area (Å²) in [5.41, 5.74) is 0.584. The molecule has 0 amide bonds. The first-order valence-electron chi connectivity index (χ1n) is 7.23. The van der Waals surface area contributed by atoms with Crippen molar-refractivity contribution in [1.29, 1.82) is 0 Å². The molecule has 0 aliphatic carbocycles. The maximum absolute atomic E-state index is 11.6. The Bertz CT molecular complexity index is 701. The highest BCUT2D eigenvalue weighted by Crippen LogP contribution is 2.24. The second-order valence-corrected chi connectivity index (χ2v) is 4.81. The second-order valence-electron chi connectivity index (χ2n) is 4.81. The van der Waals surface area contributed by atoms with Crippen LogP contribution in [0.2, 0.25) is 0 Å². The highest BCUT2D eigenvalue weighted by Gasteiger charge is 2.21. The van der Waals surface area contributed by atoms with E-state index in [1.165, 1.54) is 18.2 Å². The molecule has 2 aromatic carbocycles. The molecule has 7 nitrogen and oxygen atoms in total. The summed E-state index contributed by atoms with van der Waals surface area (Å²) in [6.07, 6.45) is 0. The molecular formula is C17H17NO6. The average Bonchev–Trinajstić information content (AvgIpc) is 2.61. The number of nitro benzene ring substituents is 1. The van der Waals surface area contributed by atoms with Crippen LogP contribution in [0.15, 0.2) is 48.5 Å². The predicted molar refractivity (Wildman–Crippen MR) is 86.0 cm³/mol. The van der Waals surface area contributed by atoms with Gasteiger partial charge in [0.25, 0.3) is 5.69 Å². The molecule has 0 N–H and O–H groups in total. The Balaban J connectivity index is 1.88. The van der Waals surface area contributed by atoms with Crippen LogP contribution in [0.4, 0.5) is 5.69 Å². The van der Waals surface area contributed by atoms with Gasteiger partial charge in [0.1, 0.15) is 17.9 Å². The lowest BCUT2D eigenvalue weighted by Gasteiger charge is -2.09. The summed E-state index contributed by atoms with van der Waals surface area (Å²) in [5, 5.41) is 10.9. The van der Waals surface area contributed by atoms with Crippen molar-refractivity contribution < 1.29 is 23.9 Å². The van der Waals surface area contributed by atoms with Gasteiger partial charge in [0.05, 0.1) is 25.2 Å². The van der Waals surface area contributed by atoms with Crippen molar-refractivity contribution in [1.82, 2.24) is 0 Å². The Morgan fingerprint density at radius 3 is 2.54 bits per heavy atom. The molecule has 0 heterocycles. The van der Waals surface area contributed by atoms with Gasteiger partial charge < -0.3 is 14.2 Å². The zero-order valence-corrected chi connectivity index (χ0v) is 13.1. The summed E-state index contributed by atoms with van der Waals surface area (Å²) >= 11 is 0. The van der Waals surface area contributed by atoms with Gasteiger partial charge in [-0.2, -0.15) is 0 Å². The number of hydrogen-bond acceptors (Lipinski definition) is 6. The lowest BCUT2D eigenvalue weighted by molar-refractivity contribution is -0.385. The number of methoxy groups -OCH3 is 1. The van der Waals surface area contributed by atoms with Crippen LogP contribution in [-0.4, -0.2) is 31.2 Å². The van der Waals surface area contributed by atoms with Gasteiger partial charge in [-0.1, -0.05) is 30.3 Å². The monoisotopic (exact) mass is 331 g/mol. The minimum atomic E-state index is -0.785. The molecule has 0 aliphatic rings. The van der Waals surface area contributed by atoms with Crippen molar-refractivity contribution in [3.63, 3.8) is 0 Å². The van der Waals surface area contributed by atoms with Gasteiger partial charge in [-0.15, -0.1) is 0 Å². The number of carbonyl (C=O) groups excluding carboxylic acids is 1. The molecule has 126 valence electrons. The van der Waals surface area contributed by atoms with Gasteiger partial charge in [0, 0.05) is 12.1 Å². The van der Waals surface area contributed by atoms with Crippen LogP contribution >= 0.6 is 0 Å². The van der Waals surface area contributed by atoms with Gasteiger partial charge >= 0.3 is 5.97 Å². The normalized spacial score (nSPS) is 10.2. The molecule has 7 heteroatoms. The van der Waals surface area contributed by atoms with Crippen molar-refractivity contribution in [2.45, 2.75) is 6.61 Å². The molecule has 2 aromatic rings. The molecule has 0 atom stereocenters. The number of esters is 1. The van der Waals surface area contributed by atoms with Crippen molar-refractivity contribution in [3.05, 3.63) is 69.8 Å². The summed E-state index contributed by atoms with van der Waals surface area (Å²) in [5.74, 6) is -0.447. The maximum atomic E-state index is 11.6. The number of benzene rings is 2. The van der Waals surface area contributed by atoms with Crippen molar-refractivity contribution in [3.8, 4) is 5.75 Å². The van der Waals surface area contributed by atoms with Crippen molar-refractivity contribution in [2.75, 3.05) is 20.3 Å². The SMILES string of the molecule is COC(=O)c1cc(OCCOCc2ccccc2)ccc1[N+](=O)[O-]. The van der Waals surface area contributed by atoms with E-state index in [1.54, 1.807) is 0 Å².